The summed E-state index contributed by atoms with van der Waals surface area (Å²) in [7, 11) is 0. The van der Waals surface area contributed by atoms with E-state index in [2.05, 4.69) is 145 Å². The van der Waals surface area contributed by atoms with E-state index in [1.807, 2.05) is 0 Å². The zero-order valence-electron chi connectivity index (χ0n) is 46.9. The molecule has 14 unspecified atom stereocenters. The highest BCUT2D eigenvalue weighted by molar-refractivity contribution is 4.96. The van der Waals surface area contributed by atoms with Crippen LogP contribution in [0.3, 0.4) is 0 Å². The van der Waals surface area contributed by atoms with Crippen molar-refractivity contribution in [3.05, 3.63) is 0 Å². The van der Waals surface area contributed by atoms with Gasteiger partial charge in [0.1, 0.15) is 6.10 Å². The third-order valence-electron chi connectivity index (χ3n) is 19.6. The summed E-state index contributed by atoms with van der Waals surface area (Å²) in [6.07, 6.45) is 1.49. The van der Waals surface area contributed by atoms with Crippen LogP contribution in [-0.4, -0.2) is 105 Å². The zero-order valence-corrected chi connectivity index (χ0v) is 46.9. The first-order valence-corrected chi connectivity index (χ1v) is 28.3. The van der Waals surface area contributed by atoms with Gasteiger partial charge in [0.05, 0.1) is 67.1 Å². The second kappa shape index (κ2) is 24.3. The van der Waals surface area contributed by atoms with Gasteiger partial charge in [0.2, 0.25) is 0 Å². The molecular formula is C57H104O11. The third-order valence-corrected chi connectivity index (χ3v) is 19.6. The van der Waals surface area contributed by atoms with Crippen molar-refractivity contribution < 1.29 is 52.1 Å². The van der Waals surface area contributed by atoms with Gasteiger partial charge in [0.15, 0.2) is 31.5 Å². The van der Waals surface area contributed by atoms with E-state index < -0.39 is 18.9 Å². The van der Waals surface area contributed by atoms with Crippen molar-refractivity contribution in [1.29, 1.82) is 0 Å². The minimum absolute atomic E-state index is 0.0296. The van der Waals surface area contributed by atoms with Crippen LogP contribution in [0, 0.1) is 82.9 Å². The van der Waals surface area contributed by atoms with E-state index in [0.717, 1.165) is 32.1 Å². The van der Waals surface area contributed by atoms with Crippen LogP contribution < -0.4 is 0 Å². The zero-order chi connectivity index (χ0) is 50.2. The summed E-state index contributed by atoms with van der Waals surface area (Å²) in [6.45, 7) is 47.4. The van der Waals surface area contributed by atoms with Gasteiger partial charge in [0.25, 0.3) is 0 Å². The van der Waals surface area contributed by atoms with E-state index in [-0.39, 0.29) is 133 Å². The Labute approximate surface area is 415 Å². The summed E-state index contributed by atoms with van der Waals surface area (Å²) in [5.41, 5.74) is 0. The highest BCUT2D eigenvalue weighted by Crippen LogP contribution is 2.47. The summed E-state index contributed by atoms with van der Waals surface area (Å²) in [5, 5.41) is 0. The Morgan fingerprint density at radius 3 is 1.10 bits per heavy atom. The predicted octanol–water partition coefficient (Wildman–Crippen LogP) is 12.3. The van der Waals surface area contributed by atoms with Crippen LogP contribution in [0.4, 0.5) is 0 Å². The molecular weight excluding hydrogens is 861 g/mol. The quantitative estimate of drug-likeness (QED) is 0.148. The molecule has 0 bridgehead atoms. The van der Waals surface area contributed by atoms with Crippen molar-refractivity contribution in [3.63, 3.8) is 0 Å². The first-order valence-electron chi connectivity index (χ1n) is 28.3. The minimum Gasteiger partial charge on any atom is -0.372 e. The highest BCUT2D eigenvalue weighted by Gasteiger charge is 2.54. The van der Waals surface area contributed by atoms with Crippen LogP contribution in [-0.2, 0) is 52.1 Å². The largest absolute Gasteiger partial charge is 0.372 e. The van der Waals surface area contributed by atoms with E-state index in [9.17, 15) is 0 Å². The van der Waals surface area contributed by atoms with Crippen molar-refractivity contribution in [2.45, 2.75) is 282 Å². The van der Waals surface area contributed by atoms with Crippen molar-refractivity contribution in [3.8, 4) is 0 Å². The lowest BCUT2D eigenvalue weighted by Gasteiger charge is -2.53. The Morgan fingerprint density at radius 2 is 0.618 bits per heavy atom. The van der Waals surface area contributed by atoms with Gasteiger partial charge >= 0.3 is 0 Å². The van der Waals surface area contributed by atoms with E-state index >= 15 is 0 Å². The second-order valence-electron chi connectivity index (χ2n) is 24.0. The van der Waals surface area contributed by atoms with Crippen molar-refractivity contribution in [2.24, 2.45) is 82.9 Å². The standard InChI is InChI=1S/C57H104O11/c1-22-42-30(10)31(11)52(68-53-35(15)28(8)29(9)41(21)58-53)57(62-42)65-49-38(18)44(24-3)60-55(40(49)20)64-48-37(17)43(23-2)61-56(39(48)19)67-51-34(14)36(16)54(63-46(51)26-5)66-50-33(13)32(12)47(27(6)7)59-45(50)25-4/h27-57H,22-26H2,1-21H3/t28-,29?,30+,31-,32?,33+,34+,35+,36?,37-,38-,39?,40?,41?,42?,43?,44?,45?,46?,47-,48-,49-,50-,51?,52?,53?,54-,55-,56+,57-/m0/s1. The maximum absolute atomic E-state index is 7.34. The first-order chi connectivity index (χ1) is 32.1. The van der Waals surface area contributed by atoms with Gasteiger partial charge in [-0.25, -0.2) is 0 Å². The summed E-state index contributed by atoms with van der Waals surface area (Å²) in [6, 6.07) is 0. The van der Waals surface area contributed by atoms with Crippen LogP contribution in [0.5, 0.6) is 0 Å². The van der Waals surface area contributed by atoms with Gasteiger partial charge in [-0.3, -0.25) is 0 Å². The van der Waals surface area contributed by atoms with Crippen LogP contribution in [0.2, 0.25) is 0 Å². The molecule has 0 N–H and O–H groups in total. The topological polar surface area (TPSA) is 102 Å². The Morgan fingerprint density at radius 1 is 0.279 bits per heavy atom. The Balaban J connectivity index is 1.18. The Kier molecular flexibility index (Phi) is 20.3. The van der Waals surface area contributed by atoms with Crippen molar-refractivity contribution in [1.82, 2.24) is 0 Å². The number of rotatable bonds is 16. The number of hydrogen-bond acceptors (Lipinski definition) is 11. The fraction of sp³-hybridized carbons (Fsp3) is 1.00. The molecule has 6 aliphatic rings. The minimum atomic E-state index is -0.548. The van der Waals surface area contributed by atoms with E-state index in [1.165, 1.54) is 0 Å². The lowest BCUT2D eigenvalue weighted by Crippen LogP contribution is -2.60. The second-order valence-corrected chi connectivity index (χ2v) is 24.0. The molecule has 11 heteroatoms. The van der Waals surface area contributed by atoms with E-state index in [0.29, 0.717) is 35.5 Å². The molecule has 11 nitrogen and oxygen atoms in total. The molecule has 0 amide bonds. The lowest BCUT2D eigenvalue weighted by atomic mass is 9.77. The summed E-state index contributed by atoms with van der Waals surface area (Å²) in [4.78, 5) is 0. The molecule has 0 aromatic heterocycles. The molecule has 6 rings (SSSR count). The van der Waals surface area contributed by atoms with E-state index in [4.69, 9.17) is 52.1 Å². The molecule has 0 radical (unpaired) electrons. The average Bonchev–Trinajstić information content (AvgIpc) is 3.31. The summed E-state index contributed by atoms with van der Waals surface area (Å²) < 4.78 is 77.2. The monoisotopic (exact) mass is 965 g/mol. The average molecular weight is 965 g/mol. The maximum Gasteiger partial charge on any atom is 0.184 e. The van der Waals surface area contributed by atoms with E-state index in [1.54, 1.807) is 0 Å². The fourth-order valence-corrected chi connectivity index (χ4v) is 13.4. The van der Waals surface area contributed by atoms with Gasteiger partial charge in [-0.05, 0) is 86.4 Å². The molecule has 0 aromatic carbocycles. The fourth-order valence-electron chi connectivity index (χ4n) is 13.4. The SMILES string of the molecule is CCC1O[C@@H](O[C@@H]2C(CC)O[C@@H](C(C)C)C(C)[C@H]2C)C(C)[C@@H](C)C1O[C@H]1OC(CC)[C@H](C)[C@H](O[C@@H]2OC(CC)[C@H](C)[C@H](O[C@@H]3OC(CC)[C@H](C)[C@H](C)C3OC3OC(C)C(C)[C@H](C)[C@H]3C)C2C)C1C. The normalized spacial score (nSPS) is 52.9. The molecule has 6 saturated heterocycles. The summed E-state index contributed by atoms with van der Waals surface area (Å²) >= 11 is 0. The first kappa shape index (κ1) is 56.8. The molecule has 0 spiro atoms. The smallest absolute Gasteiger partial charge is 0.184 e. The lowest BCUT2D eigenvalue weighted by molar-refractivity contribution is -0.373. The maximum atomic E-state index is 7.34. The predicted molar refractivity (Wildman–Crippen MR) is 267 cm³/mol. The van der Waals surface area contributed by atoms with Gasteiger partial charge < -0.3 is 52.1 Å². The van der Waals surface area contributed by atoms with Crippen LogP contribution >= 0.6 is 0 Å². The molecule has 6 aliphatic heterocycles. The molecule has 30 atom stereocenters. The molecule has 398 valence electrons. The molecule has 0 aliphatic carbocycles. The van der Waals surface area contributed by atoms with Gasteiger partial charge in [-0.2, -0.15) is 0 Å². The Hall–Kier alpha value is -0.440. The van der Waals surface area contributed by atoms with Gasteiger partial charge in [-0.15, -0.1) is 0 Å². The third kappa shape index (κ3) is 11.6. The highest BCUT2D eigenvalue weighted by atomic mass is 16.8. The molecule has 0 aromatic rings. The number of hydrogen-bond donors (Lipinski definition) is 0. The molecule has 0 saturated carbocycles. The molecule has 6 heterocycles. The van der Waals surface area contributed by atoms with Crippen molar-refractivity contribution in [2.75, 3.05) is 0 Å². The van der Waals surface area contributed by atoms with Gasteiger partial charge in [-0.1, -0.05) is 138 Å². The van der Waals surface area contributed by atoms with Crippen molar-refractivity contribution >= 4 is 0 Å². The van der Waals surface area contributed by atoms with Crippen LogP contribution in [0.1, 0.15) is 178 Å². The van der Waals surface area contributed by atoms with Crippen LogP contribution in [0.15, 0.2) is 0 Å². The van der Waals surface area contributed by atoms with Gasteiger partial charge in [0, 0.05) is 35.5 Å². The van der Waals surface area contributed by atoms with Crippen LogP contribution in [0.25, 0.3) is 0 Å². The molecule has 68 heavy (non-hydrogen) atoms. The Bertz CT molecular complexity index is 1510. The summed E-state index contributed by atoms with van der Waals surface area (Å²) in [5.74, 6) is 3.23. The number of ether oxygens (including phenoxy) is 11. The molecule has 6 fully saturated rings.